The van der Waals surface area contributed by atoms with Gasteiger partial charge in [-0.3, -0.25) is 4.79 Å². The molecule has 0 saturated heterocycles. The van der Waals surface area contributed by atoms with E-state index in [9.17, 15) is 9.59 Å². The zero-order chi connectivity index (χ0) is 21.3. The van der Waals surface area contributed by atoms with Crippen LogP contribution in [0.5, 0.6) is 0 Å². The number of anilines is 2. The smallest absolute Gasteiger partial charge is 0.315 e. The largest absolute Gasteiger partial charge is 0.397 e. The molecule has 1 aliphatic carbocycles. The van der Waals surface area contributed by atoms with Crippen molar-refractivity contribution < 1.29 is 9.59 Å². The Hall–Kier alpha value is -3.06. The Labute approximate surface area is 177 Å². The van der Waals surface area contributed by atoms with Crippen LogP contribution in [-0.4, -0.2) is 31.6 Å². The molecule has 0 aromatic heterocycles. The highest BCUT2D eigenvalue weighted by Gasteiger charge is 2.20. The van der Waals surface area contributed by atoms with Gasteiger partial charge in [0.05, 0.1) is 17.4 Å². The molecule has 0 radical (unpaired) electrons. The van der Waals surface area contributed by atoms with Crippen LogP contribution in [0.15, 0.2) is 48.5 Å². The average Bonchev–Trinajstić information content (AvgIpc) is 3.25. The normalized spacial score (nSPS) is 14.8. The number of hydrogen-bond acceptors (Lipinski definition) is 4. The predicted octanol–water partition coefficient (Wildman–Crippen LogP) is 3.41. The van der Waals surface area contributed by atoms with Crippen LogP contribution < -0.4 is 27.0 Å². The molecule has 1 saturated carbocycles. The summed E-state index contributed by atoms with van der Waals surface area (Å²) >= 11 is 0. The summed E-state index contributed by atoms with van der Waals surface area (Å²) in [6, 6.07) is 14.5. The number of amides is 3. The van der Waals surface area contributed by atoms with Crippen molar-refractivity contribution in [3.05, 3.63) is 59.7 Å². The van der Waals surface area contributed by atoms with Crippen LogP contribution in [0.3, 0.4) is 0 Å². The zero-order valence-electron chi connectivity index (χ0n) is 17.4. The summed E-state index contributed by atoms with van der Waals surface area (Å²) in [6.45, 7) is 0.768. The Morgan fingerprint density at radius 3 is 2.43 bits per heavy atom. The lowest BCUT2D eigenvalue weighted by Gasteiger charge is -2.21. The third-order valence-electron chi connectivity index (χ3n) is 5.46. The molecular formula is C23H31N5O2. The summed E-state index contributed by atoms with van der Waals surface area (Å²) in [5, 5.41) is 12.1. The number of urea groups is 1. The second-order valence-corrected chi connectivity index (χ2v) is 7.71. The van der Waals surface area contributed by atoms with Crippen LogP contribution in [0.2, 0.25) is 0 Å². The van der Waals surface area contributed by atoms with Gasteiger partial charge < -0.3 is 27.0 Å². The summed E-state index contributed by atoms with van der Waals surface area (Å²) in [5.74, 6) is -0.224. The zero-order valence-corrected chi connectivity index (χ0v) is 17.4. The Bertz CT molecular complexity index is 847. The highest BCUT2D eigenvalue weighted by atomic mass is 16.2. The number of nitrogens with one attached hydrogen (secondary N) is 4. The minimum atomic E-state index is -0.224. The summed E-state index contributed by atoms with van der Waals surface area (Å²) in [4.78, 5) is 25.0. The topological polar surface area (TPSA) is 108 Å². The van der Waals surface area contributed by atoms with Crippen molar-refractivity contribution in [1.82, 2.24) is 16.0 Å². The maximum Gasteiger partial charge on any atom is 0.315 e. The van der Waals surface area contributed by atoms with E-state index in [1.807, 2.05) is 31.3 Å². The molecule has 0 aliphatic heterocycles. The number of nitrogens with two attached hydrogens (primary N) is 1. The van der Waals surface area contributed by atoms with Crippen molar-refractivity contribution >= 4 is 23.3 Å². The van der Waals surface area contributed by atoms with Crippen molar-refractivity contribution in [2.24, 2.45) is 0 Å². The number of carbonyl (C=O) groups excluding carboxylic acids is 2. The Morgan fingerprint density at radius 2 is 1.77 bits per heavy atom. The van der Waals surface area contributed by atoms with Gasteiger partial charge in [0.1, 0.15) is 0 Å². The molecular weight excluding hydrogens is 378 g/mol. The van der Waals surface area contributed by atoms with Gasteiger partial charge in [-0.2, -0.15) is 0 Å². The fourth-order valence-electron chi connectivity index (χ4n) is 3.74. The molecule has 2 aromatic carbocycles. The van der Waals surface area contributed by atoms with Gasteiger partial charge in [0.15, 0.2) is 0 Å². The molecule has 1 atom stereocenters. The van der Waals surface area contributed by atoms with Gasteiger partial charge in [-0.1, -0.05) is 37.1 Å². The molecule has 1 fully saturated rings. The van der Waals surface area contributed by atoms with Crippen molar-refractivity contribution in [3.8, 4) is 0 Å². The highest BCUT2D eigenvalue weighted by molar-refractivity contribution is 6.05. The third-order valence-corrected chi connectivity index (χ3v) is 5.46. The summed E-state index contributed by atoms with van der Waals surface area (Å²) in [7, 11) is 1.89. The van der Waals surface area contributed by atoms with E-state index in [2.05, 4.69) is 21.3 Å². The quantitative estimate of drug-likeness (QED) is 0.431. The molecule has 1 aliphatic rings. The lowest BCUT2D eigenvalue weighted by molar-refractivity contribution is 0.102. The number of nitrogen functional groups attached to an aromatic ring is 1. The van der Waals surface area contributed by atoms with E-state index in [-0.39, 0.29) is 24.0 Å². The van der Waals surface area contributed by atoms with Crippen molar-refractivity contribution in [1.29, 1.82) is 0 Å². The summed E-state index contributed by atoms with van der Waals surface area (Å²) in [6.07, 6.45) is 5.19. The molecule has 3 amide bonds. The molecule has 30 heavy (non-hydrogen) atoms. The second-order valence-electron chi connectivity index (χ2n) is 7.71. The van der Waals surface area contributed by atoms with E-state index in [1.165, 1.54) is 12.8 Å². The van der Waals surface area contributed by atoms with E-state index in [0.717, 1.165) is 31.4 Å². The maximum atomic E-state index is 12.5. The highest BCUT2D eigenvalue weighted by Crippen LogP contribution is 2.21. The lowest BCUT2D eigenvalue weighted by Crippen LogP contribution is -2.43. The third kappa shape index (κ3) is 5.97. The molecule has 7 nitrogen and oxygen atoms in total. The van der Waals surface area contributed by atoms with E-state index in [0.29, 0.717) is 16.9 Å². The number of carbonyl (C=O) groups is 2. The maximum absolute atomic E-state index is 12.5. The molecule has 0 spiro atoms. The Kier molecular flexibility index (Phi) is 7.68. The van der Waals surface area contributed by atoms with Crippen molar-refractivity contribution in [2.75, 3.05) is 24.6 Å². The minimum absolute atomic E-state index is 0.135. The van der Waals surface area contributed by atoms with E-state index in [4.69, 9.17) is 5.73 Å². The van der Waals surface area contributed by atoms with Crippen LogP contribution in [0.1, 0.15) is 54.1 Å². The SMILES string of the molecule is CNCCC(NC(=O)NC1CCCC1)c1ccc(C(=O)Nc2ccccc2N)cc1. The van der Waals surface area contributed by atoms with Crippen LogP contribution >= 0.6 is 0 Å². The van der Waals surface area contributed by atoms with Gasteiger partial charge in [-0.05, 0) is 62.7 Å². The summed E-state index contributed by atoms with van der Waals surface area (Å²) in [5.41, 5.74) is 8.50. The first-order chi connectivity index (χ1) is 14.6. The second kappa shape index (κ2) is 10.6. The fourth-order valence-corrected chi connectivity index (χ4v) is 3.74. The number of hydrogen-bond donors (Lipinski definition) is 5. The molecule has 6 N–H and O–H groups in total. The molecule has 7 heteroatoms. The van der Waals surface area contributed by atoms with Gasteiger partial charge in [0.2, 0.25) is 0 Å². The van der Waals surface area contributed by atoms with Crippen LogP contribution in [-0.2, 0) is 0 Å². The predicted molar refractivity (Wildman–Crippen MR) is 120 cm³/mol. The van der Waals surface area contributed by atoms with Gasteiger partial charge in [0.25, 0.3) is 5.91 Å². The first-order valence-electron chi connectivity index (χ1n) is 10.5. The van der Waals surface area contributed by atoms with E-state index in [1.54, 1.807) is 24.3 Å². The van der Waals surface area contributed by atoms with Gasteiger partial charge in [0, 0.05) is 11.6 Å². The van der Waals surface area contributed by atoms with Crippen molar-refractivity contribution in [3.63, 3.8) is 0 Å². The number of benzene rings is 2. The van der Waals surface area contributed by atoms with Crippen molar-refractivity contribution in [2.45, 2.75) is 44.2 Å². The molecule has 0 heterocycles. The number of para-hydroxylation sites is 2. The number of rotatable bonds is 8. The Balaban J connectivity index is 1.64. The van der Waals surface area contributed by atoms with Crippen LogP contribution in [0.25, 0.3) is 0 Å². The minimum Gasteiger partial charge on any atom is -0.397 e. The average molecular weight is 410 g/mol. The first-order valence-corrected chi connectivity index (χ1v) is 10.5. The fraction of sp³-hybridized carbons (Fsp3) is 0.391. The van der Waals surface area contributed by atoms with Gasteiger partial charge >= 0.3 is 6.03 Å². The van der Waals surface area contributed by atoms with E-state index >= 15 is 0 Å². The van der Waals surface area contributed by atoms with Gasteiger partial charge in [-0.25, -0.2) is 4.79 Å². The lowest BCUT2D eigenvalue weighted by atomic mass is 10.0. The van der Waals surface area contributed by atoms with Gasteiger partial charge in [-0.15, -0.1) is 0 Å². The molecule has 0 bridgehead atoms. The molecule has 3 rings (SSSR count). The monoisotopic (exact) mass is 409 g/mol. The van der Waals surface area contributed by atoms with Crippen LogP contribution in [0.4, 0.5) is 16.2 Å². The first kappa shape index (κ1) is 21.6. The van der Waals surface area contributed by atoms with E-state index < -0.39 is 0 Å². The molecule has 2 aromatic rings. The van der Waals surface area contributed by atoms with Crippen LogP contribution in [0, 0.1) is 0 Å². The summed E-state index contributed by atoms with van der Waals surface area (Å²) < 4.78 is 0. The molecule has 160 valence electrons. The standard InChI is InChI=1S/C23H31N5O2/c1-25-15-14-20(28-23(30)26-18-6-2-3-7-18)16-10-12-17(13-11-16)22(29)27-21-9-5-4-8-19(21)24/h4-5,8-13,18,20,25H,2-3,6-7,14-15,24H2,1H3,(H,27,29)(H2,26,28,30). The Morgan fingerprint density at radius 1 is 1.07 bits per heavy atom. The molecule has 1 unspecified atom stereocenters.